The third-order valence-corrected chi connectivity index (χ3v) is 2.70. The standard InChI is InChI=1S/C16H23NO4/c1-4-15(17-20-11-5-6-16(18)19)13-7-9-14(10-8-13)21-12(2)3/h7-10,12H,4-6,11H2,1-3H3,(H,18,19). The minimum atomic E-state index is -0.820. The number of aliphatic carboxylic acids is 1. The summed E-state index contributed by atoms with van der Waals surface area (Å²) in [6.07, 6.45) is 1.44. The first-order chi connectivity index (χ1) is 10.0. The van der Waals surface area contributed by atoms with Gasteiger partial charge in [-0.25, -0.2) is 0 Å². The monoisotopic (exact) mass is 293 g/mol. The van der Waals surface area contributed by atoms with Crippen molar-refractivity contribution in [1.82, 2.24) is 0 Å². The lowest BCUT2D eigenvalue weighted by Crippen LogP contribution is -2.06. The fourth-order valence-corrected chi connectivity index (χ4v) is 1.73. The molecule has 21 heavy (non-hydrogen) atoms. The van der Waals surface area contributed by atoms with E-state index in [0.29, 0.717) is 13.0 Å². The molecule has 0 saturated heterocycles. The van der Waals surface area contributed by atoms with E-state index < -0.39 is 5.97 Å². The Kier molecular flexibility index (Phi) is 7.29. The molecule has 0 atom stereocenters. The largest absolute Gasteiger partial charge is 0.491 e. The predicted octanol–water partition coefficient (Wildman–Crippen LogP) is 3.47. The molecule has 5 heteroatoms. The summed E-state index contributed by atoms with van der Waals surface area (Å²) in [6.45, 7) is 6.28. The number of carboxylic acid groups (broad SMARTS) is 1. The maximum absolute atomic E-state index is 10.4. The molecule has 1 rings (SSSR count). The van der Waals surface area contributed by atoms with Crippen LogP contribution in [0.2, 0.25) is 0 Å². The van der Waals surface area contributed by atoms with Gasteiger partial charge < -0.3 is 14.7 Å². The van der Waals surface area contributed by atoms with E-state index in [1.165, 1.54) is 0 Å². The van der Waals surface area contributed by atoms with Crippen molar-refractivity contribution >= 4 is 11.7 Å². The molecule has 5 nitrogen and oxygen atoms in total. The average molecular weight is 293 g/mol. The van der Waals surface area contributed by atoms with Gasteiger partial charge in [-0.15, -0.1) is 0 Å². The third-order valence-electron chi connectivity index (χ3n) is 2.70. The fraction of sp³-hybridized carbons (Fsp3) is 0.500. The SMILES string of the molecule is CCC(=NOCCCC(=O)O)c1ccc(OC(C)C)cc1. The zero-order valence-corrected chi connectivity index (χ0v) is 12.8. The van der Waals surface area contributed by atoms with Crippen molar-refractivity contribution < 1.29 is 19.5 Å². The summed E-state index contributed by atoms with van der Waals surface area (Å²) in [5.41, 5.74) is 1.81. The Morgan fingerprint density at radius 1 is 1.29 bits per heavy atom. The number of carbonyl (C=O) groups is 1. The van der Waals surface area contributed by atoms with Crippen molar-refractivity contribution in [2.45, 2.75) is 46.1 Å². The number of hydrogen-bond acceptors (Lipinski definition) is 4. The molecule has 0 aliphatic carbocycles. The van der Waals surface area contributed by atoms with E-state index in [0.717, 1.165) is 23.4 Å². The van der Waals surface area contributed by atoms with Gasteiger partial charge in [0.1, 0.15) is 12.4 Å². The second kappa shape index (κ2) is 9.00. The summed E-state index contributed by atoms with van der Waals surface area (Å²) in [7, 11) is 0. The molecule has 0 heterocycles. The zero-order chi connectivity index (χ0) is 15.7. The van der Waals surface area contributed by atoms with Crippen LogP contribution in [-0.2, 0) is 9.63 Å². The molecule has 0 aliphatic rings. The van der Waals surface area contributed by atoms with Crippen molar-refractivity contribution in [3.8, 4) is 5.75 Å². The van der Waals surface area contributed by atoms with Crippen LogP contribution in [0, 0.1) is 0 Å². The second-order valence-corrected chi connectivity index (χ2v) is 4.91. The number of rotatable bonds is 9. The highest BCUT2D eigenvalue weighted by Crippen LogP contribution is 2.15. The first-order valence-corrected chi connectivity index (χ1v) is 7.20. The Hall–Kier alpha value is -2.04. The number of benzene rings is 1. The Labute approximate surface area is 125 Å². The minimum absolute atomic E-state index is 0.0955. The van der Waals surface area contributed by atoms with Crippen molar-refractivity contribution in [3.05, 3.63) is 29.8 Å². The van der Waals surface area contributed by atoms with E-state index >= 15 is 0 Å². The molecular formula is C16H23NO4. The van der Waals surface area contributed by atoms with Crippen LogP contribution in [0.5, 0.6) is 5.75 Å². The smallest absolute Gasteiger partial charge is 0.303 e. The first-order valence-electron chi connectivity index (χ1n) is 7.20. The van der Waals surface area contributed by atoms with Crippen LogP contribution >= 0.6 is 0 Å². The van der Waals surface area contributed by atoms with Crippen LogP contribution < -0.4 is 4.74 Å². The van der Waals surface area contributed by atoms with Gasteiger partial charge in [-0.2, -0.15) is 0 Å². The highest BCUT2D eigenvalue weighted by molar-refractivity contribution is 6.00. The van der Waals surface area contributed by atoms with Crippen LogP contribution in [0.3, 0.4) is 0 Å². The van der Waals surface area contributed by atoms with E-state index in [1.54, 1.807) is 0 Å². The van der Waals surface area contributed by atoms with E-state index in [9.17, 15) is 4.79 Å². The molecule has 0 unspecified atom stereocenters. The average Bonchev–Trinajstić information content (AvgIpc) is 2.43. The Morgan fingerprint density at radius 2 is 1.95 bits per heavy atom. The lowest BCUT2D eigenvalue weighted by atomic mass is 10.1. The molecule has 116 valence electrons. The van der Waals surface area contributed by atoms with Gasteiger partial charge in [-0.1, -0.05) is 12.1 Å². The number of ether oxygens (including phenoxy) is 1. The number of hydrogen-bond donors (Lipinski definition) is 1. The molecule has 0 amide bonds. The summed E-state index contributed by atoms with van der Waals surface area (Å²) >= 11 is 0. The fourth-order valence-electron chi connectivity index (χ4n) is 1.73. The van der Waals surface area contributed by atoms with Gasteiger partial charge in [-0.05, 0) is 56.5 Å². The molecule has 0 radical (unpaired) electrons. The summed E-state index contributed by atoms with van der Waals surface area (Å²) in [5, 5.41) is 12.6. The van der Waals surface area contributed by atoms with Crippen LogP contribution in [0.15, 0.2) is 29.4 Å². The van der Waals surface area contributed by atoms with E-state index in [2.05, 4.69) is 5.16 Å². The molecule has 1 aromatic rings. The van der Waals surface area contributed by atoms with Gasteiger partial charge >= 0.3 is 5.97 Å². The molecular weight excluding hydrogens is 270 g/mol. The van der Waals surface area contributed by atoms with Gasteiger partial charge in [0, 0.05) is 6.42 Å². The van der Waals surface area contributed by atoms with Crippen LogP contribution in [-0.4, -0.2) is 29.5 Å². The van der Waals surface area contributed by atoms with Crippen LogP contribution in [0.1, 0.15) is 45.6 Å². The van der Waals surface area contributed by atoms with Gasteiger partial charge in [-0.3, -0.25) is 4.79 Å². The van der Waals surface area contributed by atoms with Gasteiger partial charge in [0.2, 0.25) is 0 Å². The highest BCUT2D eigenvalue weighted by atomic mass is 16.6. The van der Waals surface area contributed by atoms with E-state index in [4.69, 9.17) is 14.7 Å². The Bertz CT molecular complexity index is 466. The highest BCUT2D eigenvalue weighted by Gasteiger charge is 2.04. The predicted molar refractivity (Wildman–Crippen MR) is 81.9 cm³/mol. The van der Waals surface area contributed by atoms with Crippen molar-refractivity contribution in [3.63, 3.8) is 0 Å². The van der Waals surface area contributed by atoms with Crippen molar-refractivity contribution in [2.75, 3.05) is 6.61 Å². The van der Waals surface area contributed by atoms with E-state index in [1.807, 2.05) is 45.0 Å². The summed E-state index contributed by atoms with van der Waals surface area (Å²) in [5.74, 6) is 0.00520. The van der Waals surface area contributed by atoms with Crippen molar-refractivity contribution in [1.29, 1.82) is 0 Å². The van der Waals surface area contributed by atoms with Crippen LogP contribution in [0.25, 0.3) is 0 Å². The Balaban J connectivity index is 2.56. The lowest BCUT2D eigenvalue weighted by Gasteiger charge is -2.10. The molecule has 0 fully saturated rings. The van der Waals surface area contributed by atoms with Gasteiger partial charge in [0.25, 0.3) is 0 Å². The topological polar surface area (TPSA) is 68.1 Å². The summed E-state index contributed by atoms with van der Waals surface area (Å²) in [4.78, 5) is 15.6. The van der Waals surface area contributed by atoms with Gasteiger partial charge in [0.05, 0.1) is 11.8 Å². The lowest BCUT2D eigenvalue weighted by molar-refractivity contribution is -0.137. The second-order valence-electron chi connectivity index (χ2n) is 4.91. The molecule has 0 aromatic heterocycles. The van der Waals surface area contributed by atoms with Crippen molar-refractivity contribution in [2.24, 2.45) is 5.16 Å². The first kappa shape index (κ1) is 17.0. The Morgan fingerprint density at radius 3 is 2.48 bits per heavy atom. The molecule has 0 bridgehead atoms. The maximum atomic E-state index is 10.4. The molecule has 0 aliphatic heterocycles. The number of carboxylic acids is 1. The quantitative estimate of drug-likeness (QED) is 0.430. The molecule has 1 aromatic carbocycles. The number of nitrogens with zero attached hydrogens (tertiary/aromatic N) is 1. The normalized spacial score (nSPS) is 11.5. The molecule has 0 spiro atoms. The van der Waals surface area contributed by atoms with E-state index in [-0.39, 0.29) is 12.5 Å². The maximum Gasteiger partial charge on any atom is 0.303 e. The third kappa shape index (κ3) is 6.79. The minimum Gasteiger partial charge on any atom is -0.491 e. The molecule has 1 N–H and O–H groups in total. The summed E-state index contributed by atoms with van der Waals surface area (Å²) < 4.78 is 5.59. The number of oxime groups is 1. The summed E-state index contributed by atoms with van der Waals surface area (Å²) in [6, 6.07) is 7.71. The van der Waals surface area contributed by atoms with Crippen LogP contribution in [0.4, 0.5) is 0 Å². The van der Waals surface area contributed by atoms with Gasteiger partial charge in [0.15, 0.2) is 0 Å². The molecule has 0 saturated carbocycles. The zero-order valence-electron chi connectivity index (χ0n) is 12.8.